The fraction of sp³-hybridized carbons (Fsp3) is 0.682. The summed E-state index contributed by atoms with van der Waals surface area (Å²) < 4.78 is 0. The van der Waals surface area contributed by atoms with Gasteiger partial charge in [0.2, 0.25) is 5.91 Å². The summed E-state index contributed by atoms with van der Waals surface area (Å²) in [5.74, 6) is 1.74. The van der Waals surface area contributed by atoms with Gasteiger partial charge in [0.25, 0.3) is 0 Å². The van der Waals surface area contributed by atoms with Gasteiger partial charge >= 0.3 is 0 Å². The van der Waals surface area contributed by atoms with Crippen LogP contribution in [0, 0.1) is 11.8 Å². The second kappa shape index (κ2) is 6.12. The SMILES string of the molecule is O=C(C1CCC1)N1CCC2(CC1)CN(CC1CC1)Cc1ccccc12. The van der Waals surface area contributed by atoms with E-state index < -0.39 is 0 Å². The first-order valence-corrected chi connectivity index (χ1v) is 10.3. The van der Waals surface area contributed by atoms with Crippen LogP contribution >= 0.6 is 0 Å². The zero-order valence-corrected chi connectivity index (χ0v) is 15.3. The van der Waals surface area contributed by atoms with E-state index in [1.54, 1.807) is 5.56 Å². The Morgan fingerprint density at radius 2 is 1.84 bits per heavy atom. The van der Waals surface area contributed by atoms with Gasteiger partial charge < -0.3 is 4.90 Å². The van der Waals surface area contributed by atoms with Crippen molar-refractivity contribution in [1.82, 2.24) is 9.80 Å². The maximum Gasteiger partial charge on any atom is 0.225 e. The van der Waals surface area contributed by atoms with Gasteiger partial charge in [-0.15, -0.1) is 0 Å². The van der Waals surface area contributed by atoms with Crippen molar-refractivity contribution in [3.05, 3.63) is 35.4 Å². The highest BCUT2D eigenvalue weighted by Gasteiger charge is 2.44. The first-order chi connectivity index (χ1) is 12.2. The van der Waals surface area contributed by atoms with Crippen LogP contribution < -0.4 is 0 Å². The van der Waals surface area contributed by atoms with Crippen LogP contribution in [-0.4, -0.2) is 41.9 Å². The van der Waals surface area contributed by atoms with Crippen LogP contribution in [-0.2, 0) is 16.8 Å². The van der Waals surface area contributed by atoms with Crippen molar-refractivity contribution in [1.29, 1.82) is 0 Å². The van der Waals surface area contributed by atoms with Crippen LogP contribution in [0.15, 0.2) is 24.3 Å². The van der Waals surface area contributed by atoms with Crippen LogP contribution in [0.2, 0.25) is 0 Å². The molecule has 1 amide bonds. The van der Waals surface area contributed by atoms with E-state index >= 15 is 0 Å². The number of carbonyl (C=O) groups excluding carboxylic acids is 1. The van der Waals surface area contributed by atoms with E-state index in [0.717, 1.165) is 51.2 Å². The molecule has 2 aliphatic carbocycles. The quantitative estimate of drug-likeness (QED) is 0.841. The summed E-state index contributed by atoms with van der Waals surface area (Å²) >= 11 is 0. The van der Waals surface area contributed by atoms with Gasteiger partial charge in [0, 0.05) is 44.1 Å². The fourth-order valence-electron chi connectivity index (χ4n) is 5.28. The molecule has 25 heavy (non-hydrogen) atoms. The van der Waals surface area contributed by atoms with Gasteiger partial charge in [0.05, 0.1) is 0 Å². The van der Waals surface area contributed by atoms with Crippen molar-refractivity contribution in [2.45, 2.75) is 56.9 Å². The van der Waals surface area contributed by atoms with E-state index in [1.807, 2.05) is 0 Å². The van der Waals surface area contributed by atoms with Crippen LogP contribution in [0.5, 0.6) is 0 Å². The number of hydrogen-bond donors (Lipinski definition) is 0. The predicted molar refractivity (Wildman–Crippen MR) is 99.3 cm³/mol. The maximum atomic E-state index is 12.6. The Labute approximate surface area is 151 Å². The fourth-order valence-corrected chi connectivity index (χ4v) is 5.28. The third-order valence-electron chi connectivity index (χ3n) is 7.21. The molecule has 3 nitrogen and oxygen atoms in total. The van der Waals surface area contributed by atoms with Gasteiger partial charge in [-0.25, -0.2) is 0 Å². The standard InChI is InChI=1S/C22H30N2O/c25-21(18-5-3-6-18)24-12-10-22(11-13-24)16-23(14-17-8-9-17)15-19-4-1-2-7-20(19)22/h1-2,4,7,17-18H,3,5-6,8-16H2. The molecule has 0 radical (unpaired) electrons. The molecule has 5 rings (SSSR count). The Morgan fingerprint density at radius 3 is 2.52 bits per heavy atom. The minimum atomic E-state index is 0.278. The van der Waals surface area contributed by atoms with Gasteiger partial charge in [0.1, 0.15) is 0 Å². The lowest BCUT2D eigenvalue weighted by Crippen LogP contribution is -2.54. The van der Waals surface area contributed by atoms with Gasteiger partial charge in [-0.2, -0.15) is 0 Å². The lowest BCUT2D eigenvalue weighted by atomic mass is 9.68. The molecular weight excluding hydrogens is 308 g/mol. The van der Waals surface area contributed by atoms with Crippen LogP contribution in [0.4, 0.5) is 0 Å². The van der Waals surface area contributed by atoms with Crippen LogP contribution in [0.25, 0.3) is 0 Å². The molecule has 0 bridgehead atoms. The molecule has 1 saturated heterocycles. The first-order valence-electron chi connectivity index (χ1n) is 10.3. The maximum absolute atomic E-state index is 12.6. The molecule has 0 atom stereocenters. The smallest absolute Gasteiger partial charge is 0.225 e. The second-order valence-corrected chi connectivity index (χ2v) is 9.00. The van der Waals surface area contributed by atoms with Crippen molar-refractivity contribution in [2.24, 2.45) is 11.8 Å². The number of piperidine rings is 1. The molecule has 3 fully saturated rings. The number of benzene rings is 1. The highest BCUT2D eigenvalue weighted by atomic mass is 16.2. The number of hydrogen-bond acceptors (Lipinski definition) is 2. The Morgan fingerprint density at radius 1 is 1.08 bits per heavy atom. The third-order valence-corrected chi connectivity index (χ3v) is 7.21. The molecule has 1 aromatic rings. The van der Waals surface area contributed by atoms with Gasteiger partial charge in [0.15, 0.2) is 0 Å². The number of likely N-dealkylation sites (tertiary alicyclic amines) is 1. The third kappa shape index (κ3) is 2.91. The monoisotopic (exact) mass is 338 g/mol. The van der Waals surface area contributed by atoms with E-state index in [2.05, 4.69) is 34.1 Å². The number of carbonyl (C=O) groups is 1. The molecular formula is C22H30N2O. The van der Waals surface area contributed by atoms with Crippen molar-refractivity contribution in [3.63, 3.8) is 0 Å². The molecule has 2 saturated carbocycles. The zero-order chi connectivity index (χ0) is 16.9. The summed E-state index contributed by atoms with van der Waals surface area (Å²) in [5.41, 5.74) is 3.39. The summed E-state index contributed by atoms with van der Waals surface area (Å²) in [7, 11) is 0. The van der Waals surface area contributed by atoms with Crippen molar-refractivity contribution in [2.75, 3.05) is 26.2 Å². The zero-order valence-electron chi connectivity index (χ0n) is 15.3. The van der Waals surface area contributed by atoms with Crippen molar-refractivity contribution >= 4 is 5.91 Å². The largest absolute Gasteiger partial charge is 0.342 e. The average Bonchev–Trinajstić information content (AvgIpc) is 3.38. The molecule has 134 valence electrons. The van der Waals surface area contributed by atoms with Crippen molar-refractivity contribution < 1.29 is 4.79 Å². The molecule has 0 N–H and O–H groups in total. The number of fused-ring (bicyclic) bond motifs is 2. The topological polar surface area (TPSA) is 23.6 Å². The highest BCUT2D eigenvalue weighted by molar-refractivity contribution is 5.79. The van der Waals surface area contributed by atoms with Crippen LogP contribution in [0.1, 0.15) is 56.1 Å². The Kier molecular flexibility index (Phi) is 3.89. The van der Waals surface area contributed by atoms with E-state index in [4.69, 9.17) is 0 Å². The van der Waals surface area contributed by atoms with E-state index in [-0.39, 0.29) is 5.41 Å². The van der Waals surface area contributed by atoms with E-state index in [0.29, 0.717) is 11.8 Å². The molecule has 3 heteroatoms. The molecule has 2 aliphatic heterocycles. The molecule has 0 aromatic heterocycles. The van der Waals surface area contributed by atoms with E-state index in [1.165, 1.54) is 37.9 Å². The summed E-state index contributed by atoms with van der Waals surface area (Å²) in [6.45, 7) is 5.52. The van der Waals surface area contributed by atoms with E-state index in [9.17, 15) is 4.79 Å². The number of nitrogens with zero attached hydrogens (tertiary/aromatic N) is 2. The highest BCUT2D eigenvalue weighted by Crippen LogP contribution is 2.43. The number of rotatable bonds is 3. The minimum Gasteiger partial charge on any atom is -0.342 e. The molecule has 1 spiro atoms. The lowest BCUT2D eigenvalue weighted by Gasteiger charge is -2.49. The normalized spacial score (nSPS) is 26.3. The average molecular weight is 338 g/mol. The van der Waals surface area contributed by atoms with Gasteiger partial charge in [-0.1, -0.05) is 30.7 Å². The summed E-state index contributed by atoms with van der Waals surface area (Å²) in [6.07, 6.45) is 8.63. The Balaban J connectivity index is 1.35. The lowest BCUT2D eigenvalue weighted by molar-refractivity contribution is -0.140. The van der Waals surface area contributed by atoms with Crippen molar-refractivity contribution in [3.8, 4) is 0 Å². The summed E-state index contributed by atoms with van der Waals surface area (Å²) in [6, 6.07) is 9.11. The molecule has 0 unspecified atom stereocenters. The molecule has 4 aliphatic rings. The minimum absolute atomic E-state index is 0.278. The van der Waals surface area contributed by atoms with Gasteiger partial charge in [-0.3, -0.25) is 9.69 Å². The Hall–Kier alpha value is -1.35. The first kappa shape index (κ1) is 15.9. The number of amides is 1. The molecule has 1 aromatic carbocycles. The molecule has 2 heterocycles. The van der Waals surface area contributed by atoms with Crippen LogP contribution in [0.3, 0.4) is 0 Å². The summed E-state index contributed by atoms with van der Waals surface area (Å²) in [4.78, 5) is 17.5. The Bertz CT molecular complexity index is 654. The predicted octanol–water partition coefficient (Wildman–Crippen LogP) is 3.57. The van der Waals surface area contributed by atoms with Gasteiger partial charge in [-0.05, 0) is 55.6 Å². The summed E-state index contributed by atoms with van der Waals surface area (Å²) in [5, 5.41) is 0. The second-order valence-electron chi connectivity index (χ2n) is 9.00.